The Hall–Kier alpha value is -0.610. The molecule has 0 aromatic heterocycles. The highest BCUT2D eigenvalue weighted by Gasteiger charge is 2.39. The van der Waals surface area contributed by atoms with Gasteiger partial charge in [-0.05, 0) is 64.1 Å². The van der Waals surface area contributed by atoms with Crippen LogP contribution in [0.2, 0.25) is 0 Å². The molecule has 0 radical (unpaired) electrons. The van der Waals surface area contributed by atoms with Gasteiger partial charge in [-0.3, -0.25) is 4.79 Å². The SMILES string of the molecule is CCCN1CCC(CNC(=O)CC2(OC)CCC2)CC1. The van der Waals surface area contributed by atoms with E-state index < -0.39 is 0 Å². The van der Waals surface area contributed by atoms with E-state index in [4.69, 9.17) is 4.74 Å². The maximum absolute atomic E-state index is 12.0. The second-order valence-electron chi connectivity index (χ2n) is 6.51. The molecule has 0 bridgehead atoms. The first-order chi connectivity index (χ1) is 9.67. The van der Waals surface area contributed by atoms with Crippen molar-refractivity contribution in [3.63, 3.8) is 0 Å². The first kappa shape index (κ1) is 15.8. The molecule has 0 atom stereocenters. The number of piperidine rings is 1. The molecule has 2 fully saturated rings. The van der Waals surface area contributed by atoms with Gasteiger partial charge in [0, 0.05) is 13.7 Å². The second-order valence-corrected chi connectivity index (χ2v) is 6.51. The Morgan fingerprint density at radius 3 is 2.55 bits per heavy atom. The highest BCUT2D eigenvalue weighted by Crippen LogP contribution is 2.37. The first-order valence-electron chi connectivity index (χ1n) is 8.21. The molecule has 0 aromatic carbocycles. The summed E-state index contributed by atoms with van der Waals surface area (Å²) in [5, 5.41) is 3.12. The smallest absolute Gasteiger partial charge is 0.222 e. The van der Waals surface area contributed by atoms with Crippen molar-refractivity contribution in [3.05, 3.63) is 0 Å². The predicted octanol–water partition coefficient (Wildman–Crippen LogP) is 2.18. The lowest BCUT2D eigenvalue weighted by Gasteiger charge is -2.40. The fourth-order valence-electron chi connectivity index (χ4n) is 3.37. The Kier molecular flexibility index (Phi) is 5.85. The van der Waals surface area contributed by atoms with E-state index in [1.54, 1.807) is 7.11 Å². The van der Waals surface area contributed by atoms with E-state index in [0.29, 0.717) is 12.3 Å². The molecule has 1 aliphatic heterocycles. The number of carbonyl (C=O) groups excluding carboxylic acids is 1. The largest absolute Gasteiger partial charge is 0.378 e. The molecule has 1 aliphatic carbocycles. The Morgan fingerprint density at radius 2 is 2.05 bits per heavy atom. The lowest BCUT2D eigenvalue weighted by molar-refractivity contribution is -0.134. The second kappa shape index (κ2) is 7.41. The summed E-state index contributed by atoms with van der Waals surface area (Å²) in [6, 6.07) is 0. The predicted molar refractivity (Wildman–Crippen MR) is 80.7 cm³/mol. The topological polar surface area (TPSA) is 41.6 Å². The van der Waals surface area contributed by atoms with Gasteiger partial charge in [-0.1, -0.05) is 6.92 Å². The maximum Gasteiger partial charge on any atom is 0.222 e. The normalized spacial score (nSPS) is 23.3. The van der Waals surface area contributed by atoms with Crippen LogP contribution >= 0.6 is 0 Å². The fourth-order valence-corrected chi connectivity index (χ4v) is 3.37. The van der Waals surface area contributed by atoms with E-state index in [9.17, 15) is 4.79 Å². The molecule has 1 N–H and O–H groups in total. The molecule has 2 rings (SSSR count). The van der Waals surface area contributed by atoms with E-state index in [1.807, 2.05) is 0 Å². The van der Waals surface area contributed by atoms with E-state index in [1.165, 1.54) is 45.3 Å². The number of nitrogens with one attached hydrogen (secondary N) is 1. The summed E-state index contributed by atoms with van der Waals surface area (Å²) in [6.45, 7) is 6.68. The Labute approximate surface area is 123 Å². The van der Waals surface area contributed by atoms with Gasteiger partial charge in [-0.15, -0.1) is 0 Å². The molecule has 0 aromatic rings. The zero-order valence-corrected chi connectivity index (χ0v) is 13.1. The van der Waals surface area contributed by atoms with Crippen LogP contribution in [0.25, 0.3) is 0 Å². The summed E-state index contributed by atoms with van der Waals surface area (Å²) in [7, 11) is 1.73. The van der Waals surface area contributed by atoms with Crippen LogP contribution in [-0.4, -0.2) is 49.7 Å². The number of rotatable bonds is 7. The molecular formula is C16H30N2O2. The molecule has 0 spiro atoms. The van der Waals surface area contributed by atoms with Gasteiger partial charge in [-0.2, -0.15) is 0 Å². The molecular weight excluding hydrogens is 252 g/mol. The van der Waals surface area contributed by atoms with Crippen molar-refractivity contribution in [1.29, 1.82) is 0 Å². The molecule has 116 valence electrons. The van der Waals surface area contributed by atoms with Crippen LogP contribution in [0.5, 0.6) is 0 Å². The minimum absolute atomic E-state index is 0.144. The molecule has 1 saturated heterocycles. The number of amides is 1. The highest BCUT2D eigenvalue weighted by molar-refractivity contribution is 5.77. The third-order valence-corrected chi connectivity index (χ3v) is 5.02. The quantitative estimate of drug-likeness (QED) is 0.778. The maximum atomic E-state index is 12.0. The summed E-state index contributed by atoms with van der Waals surface area (Å²) < 4.78 is 5.51. The van der Waals surface area contributed by atoms with Crippen LogP contribution in [0, 0.1) is 5.92 Å². The third-order valence-electron chi connectivity index (χ3n) is 5.02. The van der Waals surface area contributed by atoms with Crippen LogP contribution in [0.1, 0.15) is 51.9 Å². The van der Waals surface area contributed by atoms with Gasteiger partial charge in [-0.25, -0.2) is 0 Å². The van der Waals surface area contributed by atoms with Crippen LogP contribution in [0.3, 0.4) is 0 Å². The van der Waals surface area contributed by atoms with Crippen molar-refractivity contribution in [3.8, 4) is 0 Å². The lowest BCUT2D eigenvalue weighted by atomic mass is 9.77. The number of carbonyl (C=O) groups is 1. The van der Waals surface area contributed by atoms with E-state index in [2.05, 4.69) is 17.1 Å². The highest BCUT2D eigenvalue weighted by atomic mass is 16.5. The molecule has 2 aliphatic rings. The fraction of sp³-hybridized carbons (Fsp3) is 0.938. The van der Waals surface area contributed by atoms with Gasteiger partial charge in [0.15, 0.2) is 0 Å². The summed E-state index contributed by atoms with van der Waals surface area (Å²) in [5.74, 6) is 0.828. The average Bonchev–Trinajstić information content (AvgIpc) is 2.42. The van der Waals surface area contributed by atoms with Gasteiger partial charge >= 0.3 is 0 Å². The zero-order chi connectivity index (χ0) is 14.4. The van der Waals surface area contributed by atoms with Crippen molar-refractivity contribution in [2.75, 3.05) is 33.3 Å². The van der Waals surface area contributed by atoms with Crippen molar-refractivity contribution >= 4 is 5.91 Å². The van der Waals surface area contributed by atoms with E-state index in [-0.39, 0.29) is 11.5 Å². The number of hydrogen-bond donors (Lipinski definition) is 1. The van der Waals surface area contributed by atoms with E-state index >= 15 is 0 Å². The first-order valence-corrected chi connectivity index (χ1v) is 8.21. The molecule has 4 nitrogen and oxygen atoms in total. The van der Waals surface area contributed by atoms with E-state index in [0.717, 1.165) is 19.4 Å². The lowest BCUT2D eigenvalue weighted by Crippen LogP contribution is -2.45. The Morgan fingerprint density at radius 1 is 1.35 bits per heavy atom. The van der Waals surface area contributed by atoms with Crippen LogP contribution in [0.4, 0.5) is 0 Å². The zero-order valence-electron chi connectivity index (χ0n) is 13.1. The number of hydrogen-bond acceptors (Lipinski definition) is 3. The minimum Gasteiger partial charge on any atom is -0.378 e. The Balaban J connectivity index is 1.62. The monoisotopic (exact) mass is 282 g/mol. The molecule has 20 heavy (non-hydrogen) atoms. The number of nitrogens with zero attached hydrogens (tertiary/aromatic N) is 1. The van der Waals surface area contributed by atoms with Crippen molar-refractivity contribution < 1.29 is 9.53 Å². The minimum atomic E-state index is -0.144. The summed E-state index contributed by atoms with van der Waals surface area (Å²) in [5.41, 5.74) is -0.144. The molecule has 4 heteroatoms. The van der Waals surface area contributed by atoms with Crippen LogP contribution in [0.15, 0.2) is 0 Å². The van der Waals surface area contributed by atoms with Crippen LogP contribution in [-0.2, 0) is 9.53 Å². The van der Waals surface area contributed by atoms with Gasteiger partial charge in [0.2, 0.25) is 5.91 Å². The standard InChI is InChI=1S/C16H30N2O2/c1-3-9-18-10-5-14(6-11-18)13-17-15(19)12-16(20-2)7-4-8-16/h14H,3-13H2,1-2H3,(H,17,19). The van der Waals surface area contributed by atoms with Gasteiger partial charge < -0.3 is 15.0 Å². The average molecular weight is 282 g/mol. The van der Waals surface area contributed by atoms with Gasteiger partial charge in [0.1, 0.15) is 0 Å². The number of likely N-dealkylation sites (tertiary alicyclic amines) is 1. The number of methoxy groups -OCH3 is 1. The van der Waals surface area contributed by atoms with Crippen molar-refractivity contribution in [2.45, 2.75) is 57.5 Å². The molecule has 1 saturated carbocycles. The number of ether oxygens (including phenoxy) is 1. The molecule has 0 unspecified atom stereocenters. The Bertz CT molecular complexity index is 302. The van der Waals surface area contributed by atoms with Gasteiger partial charge in [0.05, 0.1) is 12.0 Å². The van der Waals surface area contributed by atoms with Crippen LogP contribution < -0.4 is 5.32 Å². The molecule has 1 amide bonds. The summed E-state index contributed by atoms with van der Waals surface area (Å²) >= 11 is 0. The summed E-state index contributed by atoms with van der Waals surface area (Å²) in [6.07, 6.45) is 7.47. The van der Waals surface area contributed by atoms with Crippen molar-refractivity contribution in [2.24, 2.45) is 5.92 Å². The molecule has 1 heterocycles. The van der Waals surface area contributed by atoms with Gasteiger partial charge in [0.25, 0.3) is 0 Å². The summed E-state index contributed by atoms with van der Waals surface area (Å²) in [4.78, 5) is 14.6. The third kappa shape index (κ3) is 4.19. The van der Waals surface area contributed by atoms with Crippen molar-refractivity contribution in [1.82, 2.24) is 10.2 Å².